The highest BCUT2D eigenvalue weighted by Crippen LogP contribution is 2.33. The summed E-state index contributed by atoms with van der Waals surface area (Å²) in [4.78, 5) is 23.6. The molecule has 1 amide bonds. The fourth-order valence-electron chi connectivity index (χ4n) is 2.81. The number of thiocarbonyl (C=S) groups is 1. The van der Waals surface area contributed by atoms with Crippen LogP contribution >= 0.6 is 23.8 Å². The van der Waals surface area contributed by atoms with Gasteiger partial charge in [-0.3, -0.25) is 14.9 Å². The molecular formula is C18H15ClN4O3S. The molecule has 7 nitrogen and oxygen atoms in total. The highest BCUT2D eigenvalue weighted by Gasteiger charge is 2.31. The van der Waals surface area contributed by atoms with Crippen molar-refractivity contribution in [1.82, 2.24) is 10.6 Å². The lowest BCUT2D eigenvalue weighted by Gasteiger charge is -2.30. The van der Waals surface area contributed by atoms with Crippen LogP contribution in [0.2, 0.25) is 5.02 Å². The molecule has 1 aliphatic rings. The van der Waals surface area contributed by atoms with Gasteiger partial charge in [0, 0.05) is 17.5 Å². The number of allylic oxidation sites excluding steroid dienone is 1. The summed E-state index contributed by atoms with van der Waals surface area (Å²) in [6, 6.07) is 12.8. The number of rotatable bonds is 4. The van der Waals surface area contributed by atoms with Crippen molar-refractivity contribution in [1.29, 1.82) is 0 Å². The van der Waals surface area contributed by atoms with Gasteiger partial charge in [0.15, 0.2) is 5.11 Å². The second-order valence-electron chi connectivity index (χ2n) is 5.86. The molecular weight excluding hydrogens is 388 g/mol. The lowest BCUT2D eigenvalue weighted by Crippen LogP contribution is -2.45. The van der Waals surface area contributed by atoms with Crippen LogP contribution in [-0.2, 0) is 4.79 Å². The lowest BCUT2D eigenvalue weighted by molar-refractivity contribution is -0.384. The standard InChI is InChI=1S/C18H15ClN4O3S/c1-10-15(17(24)21-12-5-3-2-4-6-12)16(22-18(27)20-10)11-7-8-13(19)14(9-11)23(25)26/h2-9,16H,1H3,(H,21,24)(H2,20,22,27). The Balaban J connectivity index is 2.01. The van der Waals surface area contributed by atoms with E-state index in [9.17, 15) is 14.9 Å². The second-order valence-corrected chi connectivity index (χ2v) is 6.67. The Morgan fingerprint density at radius 3 is 2.63 bits per heavy atom. The number of anilines is 1. The van der Waals surface area contributed by atoms with Gasteiger partial charge in [0.1, 0.15) is 5.02 Å². The molecule has 0 radical (unpaired) electrons. The predicted molar refractivity (Wildman–Crippen MR) is 107 cm³/mol. The summed E-state index contributed by atoms with van der Waals surface area (Å²) in [5.74, 6) is -0.344. The van der Waals surface area contributed by atoms with E-state index < -0.39 is 11.0 Å². The number of nitrogens with zero attached hydrogens (tertiary/aromatic N) is 1. The maximum Gasteiger partial charge on any atom is 0.288 e. The molecule has 1 aliphatic heterocycles. The minimum absolute atomic E-state index is 0.0243. The molecule has 1 heterocycles. The van der Waals surface area contributed by atoms with Crippen molar-refractivity contribution in [2.75, 3.05) is 5.32 Å². The molecule has 0 saturated carbocycles. The monoisotopic (exact) mass is 402 g/mol. The summed E-state index contributed by atoms with van der Waals surface area (Å²) >= 11 is 11.1. The summed E-state index contributed by atoms with van der Waals surface area (Å²) in [7, 11) is 0. The zero-order chi connectivity index (χ0) is 19.6. The summed E-state index contributed by atoms with van der Waals surface area (Å²) < 4.78 is 0. The minimum Gasteiger partial charge on any atom is -0.351 e. The Bertz CT molecular complexity index is 962. The van der Waals surface area contributed by atoms with Gasteiger partial charge < -0.3 is 16.0 Å². The number of halogens is 1. The number of nitro groups is 1. The number of hydrogen-bond acceptors (Lipinski definition) is 4. The summed E-state index contributed by atoms with van der Waals surface area (Å²) in [5.41, 5.74) is 1.85. The van der Waals surface area contributed by atoms with Crippen LogP contribution in [-0.4, -0.2) is 15.9 Å². The van der Waals surface area contributed by atoms with Crippen molar-refractivity contribution in [3.05, 3.63) is 80.5 Å². The summed E-state index contributed by atoms with van der Waals surface area (Å²) in [5, 5.41) is 20.3. The van der Waals surface area contributed by atoms with Crippen LogP contribution in [0.25, 0.3) is 0 Å². The zero-order valence-corrected chi connectivity index (χ0v) is 15.7. The molecule has 1 atom stereocenters. The molecule has 27 heavy (non-hydrogen) atoms. The molecule has 0 bridgehead atoms. The van der Waals surface area contributed by atoms with Crippen molar-refractivity contribution < 1.29 is 9.72 Å². The molecule has 3 N–H and O–H groups in total. The summed E-state index contributed by atoms with van der Waals surface area (Å²) in [6.07, 6.45) is 0. The van der Waals surface area contributed by atoms with Gasteiger partial charge in [-0.25, -0.2) is 0 Å². The molecule has 138 valence electrons. The van der Waals surface area contributed by atoms with Crippen LogP contribution in [0.3, 0.4) is 0 Å². The van der Waals surface area contributed by atoms with E-state index in [1.807, 2.05) is 18.2 Å². The molecule has 3 rings (SSSR count). The molecule has 0 aliphatic carbocycles. The molecule has 0 spiro atoms. The Hall–Kier alpha value is -2.97. The van der Waals surface area contributed by atoms with Crippen LogP contribution < -0.4 is 16.0 Å². The number of carbonyl (C=O) groups is 1. The molecule has 0 aromatic heterocycles. The number of nitrogens with one attached hydrogen (secondary N) is 3. The fourth-order valence-corrected chi connectivity index (χ4v) is 3.27. The normalized spacial score (nSPS) is 16.4. The zero-order valence-electron chi connectivity index (χ0n) is 14.2. The number of carbonyl (C=O) groups excluding carboxylic acids is 1. The number of nitro benzene ring substituents is 1. The first kappa shape index (κ1) is 18.8. The molecule has 9 heteroatoms. The third-order valence-corrected chi connectivity index (χ3v) is 4.59. The predicted octanol–water partition coefficient (Wildman–Crippen LogP) is 3.68. The van der Waals surface area contributed by atoms with E-state index in [0.717, 1.165) is 0 Å². The van der Waals surface area contributed by atoms with Gasteiger partial charge in [0.05, 0.1) is 16.5 Å². The van der Waals surface area contributed by atoms with Crippen LogP contribution in [0.5, 0.6) is 0 Å². The van der Waals surface area contributed by atoms with Crippen molar-refractivity contribution >= 4 is 46.2 Å². The van der Waals surface area contributed by atoms with Gasteiger partial charge in [0.2, 0.25) is 0 Å². The Labute approximate surface area is 165 Å². The van der Waals surface area contributed by atoms with Crippen molar-refractivity contribution in [3.8, 4) is 0 Å². The van der Waals surface area contributed by atoms with Gasteiger partial charge in [-0.1, -0.05) is 35.9 Å². The SMILES string of the molecule is CC1=C(C(=O)Nc2ccccc2)C(c2ccc(Cl)c([N+](=O)[O-])c2)NC(=S)N1. The van der Waals surface area contributed by atoms with Gasteiger partial charge in [0.25, 0.3) is 11.6 Å². The Kier molecular flexibility index (Phi) is 5.38. The quantitative estimate of drug-likeness (QED) is 0.410. The van der Waals surface area contributed by atoms with E-state index in [4.69, 9.17) is 23.8 Å². The van der Waals surface area contributed by atoms with E-state index in [-0.39, 0.29) is 16.6 Å². The third-order valence-electron chi connectivity index (χ3n) is 4.05. The van der Waals surface area contributed by atoms with Crippen molar-refractivity contribution in [2.24, 2.45) is 0 Å². The average Bonchev–Trinajstić information content (AvgIpc) is 2.62. The van der Waals surface area contributed by atoms with Gasteiger partial charge in [-0.05, 0) is 42.9 Å². The third kappa shape index (κ3) is 4.07. The topological polar surface area (TPSA) is 96.3 Å². The highest BCUT2D eigenvalue weighted by atomic mass is 35.5. The van der Waals surface area contributed by atoms with Crippen molar-refractivity contribution in [2.45, 2.75) is 13.0 Å². The lowest BCUT2D eigenvalue weighted by atomic mass is 9.94. The maximum absolute atomic E-state index is 12.9. The fraction of sp³-hybridized carbons (Fsp3) is 0.111. The van der Waals surface area contributed by atoms with E-state index in [1.165, 1.54) is 12.1 Å². The van der Waals surface area contributed by atoms with E-state index >= 15 is 0 Å². The molecule has 0 saturated heterocycles. The van der Waals surface area contributed by atoms with Crippen LogP contribution in [0, 0.1) is 10.1 Å². The average molecular weight is 403 g/mol. The number of benzene rings is 2. The molecule has 0 fully saturated rings. The van der Waals surface area contributed by atoms with E-state index in [1.54, 1.807) is 25.1 Å². The molecule has 2 aromatic rings. The Morgan fingerprint density at radius 1 is 1.26 bits per heavy atom. The second kappa shape index (κ2) is 7.73. The maximum atomic E-state index is 12.9. The number of para-hydroxylation sites is 1. The first-order valence-corrected chi connectivity index (χ1v) is 8.74. The van der Waals surface area contributed by atoms with Gasteiger partial charge >= 0.3 is 0 Å². The van der Waals surface area contributed by atoms with Crippen molar-refractivity contribution in [3.63, 3.8) is 0 Å². The first-order valence-electron chi connectivity index (χ1n) is 7.95. The van der Waals surface area contributed by atoms with Gasteiger partial charge in [-0.2, -0.15) is 0 Å². The number of amides is 1. The van der Waals surface area contributed by atoms with Crippen LogP contribution in [0.1, 0.15) is 18.5 Å². The first-order chi connectivity index (χ1) is 12.9. The van der Waals surface area contributed by atoms with Gasteiger partial charge in [-0.15, -0.1) is 0 Å². The van der Waals surface area contributed by atoms with E-state index in [0.29, 0.717) is 27.6 Å². The number of hydrogen-bond donors (Lipinski definition) is 3. The smallest absolute Gasteiger partial charge is 0.288 e. The molecule has 2 aromatic carbocycles. The largest absolute Gasteiger partial charge is 0.351 e. The van der Waals surface area contributed by atoms with Crippen LogP contribution in [0.4, 0.5) is 11.4 Å². The minimum atomic E-state index is -0.654. The molecule has 1 unspecified atom stereocenters. The Morgan fingerprint density at radius 2 is 1.96 bits per heavy atom. The van der Waals surface area contributed by atoms with Crippen LogP contribution in [0.15, 0.2) is 59.8 Å². The highest BCUT2D eigenvalue weighted by molar-refractivity contribution is 7.80. The summed E-state index contributed by atoms with van der Waals surface area (Å²) in [6.45, 7) is 1.73. The van der Waals surface area contributed by atoms with E-state index in [2.05, 4.69) is 16.0 Å².